The van der Waals surface area contributed by atoms with E-state index in [-0.39, 0.29) is 35.5 Å². The number of esters is 1. The summed E-state index contributed by atoms with van der Waals surface area (Å²) in [5, 5.41) is 0. The van der Waals surface area contributed by atoms with Crippen molar-refractivity contribution in [1.82, 2.24) is 0 Å². The zero-order valence-corrected chi connectivity index (χ0v) is 14.1. The Balaban J connectivity index is 0.000000583. The topological polar surface area (TPSA) is 104 Å². The molecule has 2 aromatic carbocycles. The molecule has 0 aliphatic carbocycles. The number of carbonyl (C=O) groups is 1. The van der Waals surface area contributed by atoms with Crippen LogP contribution in [0, 0.1) is 6.07 Å². The first-order chi connectivity index (χ1) is 9.36. The van der Waals surface area contributed by atoms with Gasteiger partial charge in [0.1, 0.15) is 0 Å². The van der Waals surface area contributed by atoms with Gasteiger partial charge < -0.3 is 19.4 Å². The monoisotopic (exact) mass is 318 g/mol. The van der Waals surface area contributed by atoms with E-state index in [1.807, 2.05) is 6.07 Å². The van der Waals surface area contributed by atoms with Crippen molar-refractivity contribution in [3.63, 3.8) is 0 Å². The number of rotatable bonds is 2. The third-order valence-corrected chi connectivity index (χ3v) is 1.91. The van der Waals surface area contributed by atoms with Crippen LogP contribution in [0.4, 0.5) is 0 Å². The summed E-state index contributed by atoms with van der Waals surface area (Å²) in [6, 6.07) is 18.5. The molecule has 0 spiro atoms. The predicted octanol–water partition coefficient (Wildman–Crippen LogP) is -1.22. The molecule has 0 atom stereocenters. The Morgan fingerprint density at radius 3 is 1.95 bits per heavy atom. The second-order valence-corrected chi connectivity index (χ2v) is 4.53. The molecule has 0 unspecified atom stereocenters. The SMILES string of the molecule is O=C(Oc1cc[c-]cc1)c1ccccc1.O=P(O)(O)O.[Na+]. The summed E-state index contributed by atoms with van der Waals surface area (Å²) in [6.07, 6.45) is 0. The van der Waals surface area contributed by atoms with Crippen molar-refractivity contribution < 1.29 is 58.3 Å². The molecule has 2 rings (SSSR count). The van der Waals surface area contributed by atoms with Crippen molar-refractivity contribution in [2.24, 2.45) is 0 Å². The van der Waals surface area contributed by atoms with E-state index in [9.17, 15) is 4.79 Å². The van der Waals surface area contributed by atoms with Gasteiger partial charge in [-0.25, -0.2) is 9.36 Å². The fourth-order valence-corrected chi connectivity index (χ4v) is 1.18. The Morgan fingerprint density at radius 2 is 1.48 bits per heavy atom. The molecule has 0 radical (unpaired) electrons. The minimum atomic E-state index is -4.64. The van der Waals surface area contributed by atoms with E-state index >= 15 is 0 Å². The third kappa shape index (κ3) is 10.4. The van der Waals surface area contributed by atoms with E-state index in [4.69, 9.17) is 24.0 Å². The molecular weight excluding hydrogens is 306 g/mol. The van der Waals surface area contributed by atoms with Crippen LogP contribution >= 0.6 is 7.82 Å². The number of benzene rings is 2. The molecule has 0 saturated heterocycles. The first-order valence-electron chi connectivity index (χ1n) is 5.38. The Hall–Kier alpha value is -0.980. The maximum Gasteiger partial charge on any atom is 1.00 e. The quantitative estimate of drug-likeness (QED) is 0.211. The Morgan fingerprint density at radius 1 is 1.00 bits per heavy atom. The summed E-state index contributed by atoms with van der Waals surface area (Å²) in [5.74, 6) is 0.185. The smallest absolute Gasteiger partial charge is 0.450 e. The van der Waals surface area contributed by atoms with Gasteiger partial charge in [0.05, 0.1) is 5.56 Å². The second kappa shape index (κ2) is 9.87. The molecule has 0 bridgehead atoms. The van der Waals surface area contributed by atoms with Crippen LogP contribution in [0.15, 0.2) is 54.6 Å². The van der Waals surface area contributed by atoms with Crippen molar-refractivity contribution in [1.29, 1.82) is 0 Å². The van der Waals surface area contributed by atoms with Crippen molar-refractivity contribution in [3.8, 4) is 5.75 Å². The van der Waals surface area contributed by atoms with Gasteiger partial charge in [-0.15, -0.1) is 12.1 Å². The van der Waals surface area contributed by atoms with E-state index in [0.717, 1.165) is 0 Å². The first-order valence-corrected chi connectivity index (χ1v) is 6.94. The van der Waals surface area contributed by atoms with Crippen molar-refractivity contribution in [2.45, 2.75) is 0 Å². The molecule has 21 heavy (non-hydrogen) atoms. The molecule has 0 amide bonds. The maximum atomic E-state index is 11.6. The van der Waals surface area contributed by atoms with Crippen molar-refractivity contribution in [2.75, 3.05) is 0 Å². The predicted molar refractivity (Wildman–Crippen MR) is 70.9 cm³/mol. The van der Waals surface area contributed by atoms with Crippen LogP contribution in [0.5, 0.6) is 5.75 Å². The van der Waals surface area contributed by atoms with Gasteiger partial charge in [-0.2, -0.15) is 18.2 Å². The Kier molecular flexibility index (Phi) is 9.41. The average molecular weight is 318 g/mol. The standard InChI is InChI=1S/C13H9O2.Na.H3O4P/c14-13(11-7-3-1-4-8-11)15-12-9-5-2-6-10-12;;1-5(2,3)4/h1,3-10H;;(H3,1,2,3,4)/q-1;+1;. The van der Waals surface area contributed by atoms with E-state index in [2.05, 4.69) is 6.07 Å². The zero-order chi connectivity index (χ0) is 15.0. The number of hydrogen-bond donors (Lipinski definition) is 3. The van der Waals surface area contributed by atoms with Crippen LogP contribution < -0.4 is 34.3 Å². The first kappa shape index (κ1) is 20.0. The Bertz CT molecular complexity index is 576. The second-order valence-electron chi connectivity index (χ2n) is 3.50. The van der Waals surface area contributed by atoms with E-state index in [1.165, 1.54) is 0 Å². The summed E-state index contributed by atoms with van der Waals surface area (Å²) < 4.78 is 14.0. The molecule has 2 aromatic rings. The van der Waals surface area contributed by atoms with Crippen LogP contribution in [0.25, 0.3) is 0 Å². The van der Waals surface area contributed by atoms with Crippen molar-refractivity contribution in [3.05, 3.63) is 66.2 Å². The van der Waals surface area contributed by atoms with Gasteiger partial charge in [0.25, 0.3) is 0 Å². The maximum absolute atomic E-state index is 11.6. The molecule has 0 aliphatic rings. The fourth-order valence-electron chi connectivity index (χ4n) is 1.18. The van der Waals surface area contributed by atoms with Crippen LogP contribution in [0.1, 0.15) is 10.4 Å². The fraction of sp³-hybridized carbons (Fsp3) is 0. The molecule has 0 aromatic heterocycles. The summed E-state index contributed by atoms with van der Waals surface area (Å²) in [6.45, 7) is 0. The Labute approximate surface area is 143 Å². The van der Waals surface area contributed by atoms with Gasteiger partial charge in [0.15, 0.2) is 0 Å². The molecule has 6 nitrogen and oxygen atoms in total. The molecule has 0 saturated carbocycles. The largest absolute Gasteiger partial charge is 1.00 e. The molecule has 0 fully saturated rings. The number of carbonyl (C=O) groups excluding carboxylic acids is 1. The van der Waals surface area contributed by atoms with Gasteiger partial charge in [-0.05, 0) is 12.1 Å². The summed E-state index contributed by atoms with van der Waals surface area (Å²) >= 11 is 0. The minimum absolute atomic E-state index is 0. The van der Waals surface area contributed by atoms with Crippen LogP contribution in [0.2, 0.25) is 0 Å². The number of ether oxygens (including phenoxy) is 1. The van der Waals surface area contributed by atoms with E-state index < -0.39 is 7.82 Å². The van der Waals surface area contributed by atoms with Gasteiger partial charge in [-0.3, -0.25) is 0 Å². The minimum Gasteiger partial charge on any atom is -0.450 e. The van der Waals surface area contributed by atoms with Crippen LogP contribution in [0.3, 0.4) is 0 Å². The number of hydrogen-bond acceptors (Lipinski definition) is 3. The molecule has 0 aliphatic heterocycles. The molecule has 106 valence electrons. The molecule has 0 heterocycles. The summed E-state index contributed by atoms with van der Waals surface area (Å²) in [5.41, 5.74) is 0.547. The normalized spacial score (nSPS) is 9.67. The third-order valence-electron chi connectivity index (χ3n) is 1.91. The van der Waals surface area contributed by atoms with Crippen LogP contribution in [-0.4, -0.2) is 20.6 Å². The summed E-state index contributed by atoms with van der Waals surface area (Å²) in [4.78, 5) is 33.1. The van der Waals surface area contributed by atoms with Gasteiger partial charge in [-0.1, -0.05) is 18.2 Å². The van der Waals surface area contributed by atoms with E-state index in [1.54, 1.807) is 48.5 Å². The number of phosphoric acid groups is 1. The average Bonchev–Trinajstić information content (AvgIpc) is 2.39. The van der Waals surface area contributed by atoms with Crippen molar-refractivity contribution >= 4 is 13.8 Å². The molecule has 3 N–H and O–H groups in total. The molecule has 8 heteroatoms. The van der Waals surface area contributed by atoms with Gasteiger partial charge in [0.2, 0.25) is 0 Å². The zero-order valence-electron chi connectivity index (χ0n) is 11.2. The van der Waals surface area contributed by atoms with Crippen LogP contribution in [-0.2, 0) is 4.57 Å². The van der Waals surface area contributed by atoms with Gasteiger partial charge >= 0.3 is 43.3 Å². The summed E-state index contributed by atoms with van der Waals surface area (Å²) in [7, 11) is -4.64. The van der Waals surface area contributed by atoms with Gasteiger partial charge in [0, 0.05) is 5.75 Å². The molecular formula is C13H12NaO6P. The van der Waals surface area contributed by atoms with E-state index in [0.29, 0.717) is 11.3 Å².